The smallest absolute Gasteiger partial charge is 0.342 e. The van der Waals surface area contributed by atoms with Gasteiger partial charge >= 0.3 is 5.97 Å². The van der Waals surface area contributed by atoms with Gasteiger partial charge in [-0.3, -0.25) is 4.79 Å². The van der Waals surface area contributed by atoms with Crippen LogP contribution in [0.25, 0.3) is 0 Å². The first kappa shape index (κ1) is 7.94. The van der Waals surface area contributed by atoms with E-state index in [1.54, 1.807) is 0 Å². The van der Waals surface area contributed by atoms with Crippen molar-refractivity contribution in [3.05, 3.63) is 12.2 Å². The van der Waals surface area contributed by atoms with Crippen molar-refractivity contribution in [3.8, 4) is 0 Å². The van der Waals surface area contributed by atoms with E-state index >= 15 is 0 Å². The highest BCUT2D eigenvalue weighted by molar-refractivity contribution is 6.00. The molecule has 1 aliphatic carbocycles. The minimum absolute atomic E-state index is 0.209. The van der Waals surface area contributed by atoms with Crippen LogP contribution in [0.2, 0.25) is 0 Å². The summed E-state index contributed by atoms with van der Waals surface area (Å²) in [6, 6.07) is 0. The fourth-order valence-electron chi connectivity index (χ4n) is 0.931. The van der Waals surface area contributed by atoms with Crippen LogP contribution in [0.15, 0.2) is 12.2 Å². The molecule has 1 atom stereocenters. The van der Waals surface area contributed by atoms with Gasteiger partial charge in [-0.1, -0.05) is 0 Å². The van der Waals surface area contributed by atoms with Crippen LogP contribution in [0.5, 0.6) is 0 Å². The summed E-state index contributed by atoms with van der Waals surface area (Å²) in [5.41, 5.74) is -1.72. The molecule has 11 heavy (non-hydrogen) atoms. The van der Waals surface area contributed by atoms with Crippen LogP contribution in [0.3, 0.4) is 0 Å². The molecule has 0 radical (unpaired) electrons. The van der Waals surface area contributed by atoms with Crippen molar-refractivity contribution in [1.29, 1.82) is 0 Å². The molecule has 0 heterocycles. The molecular formula is C7H8O4. The molecule has 4 nitrogen and oxygen atoms in total. The molecule has 0 fully saturated rings. The van der Waals surface area contributed by atoms with Crippen LogP contribution in [-0.4, -0.2) is 29.6 Å². The monoisotopic (exact) mass is 156 g/mol. The van der Waals surface area contributed by atoms with E-state index in [0.717, 1.165) is 13.2 Å². The van der Waals surface area contributed by atoms with Crippen molar-refractivity contribution in [3.63, 3.8) is 0 Å². The Bertz CT molecular complexity index is 231. The number of allylic oxidation sites excluding steroid dienone is 1. The molecule has 0 bridgehead atoms. The van der Waals surface area contributed by atoms with Crippen LogP contribution in [-0.2, 0) is 14.3 Å². The number of ether oxygens (including phenoxy) is 1. The Morgan fingerprint density at radius 3 is 2.82 bits per heavy atom. The molecule has 0 saturated carbocycles. The SMILES string of the molecule is COC(=O)[C@]1(O)C=CC(=O)C1. The summed E-state index contributed by atoms with van der Waals surface area (Å²) in [6.45, 7) is 0. The van der Waals surface area contributed by atoms with Crippen LogP contribution >= 0.6 is 0 Å². The molecular weight excluding hydrogens is 148 g/mol. The summed E-state index contributed by atoms with van der Waals surface area (Å²) in [7, 11) is 1.16. The van der Waals surface area contributed by atoms with Crippen LogP contribution < -0.4 is 0 Å². The summed E-state index contributed by atoms with van der Waals surface area (Å²) in [5.74, 6) is -1.06. The molecule has 1 N–H and O–H groups in total. The first-order valence-electron chi connectivity index (χ1n) is 3.11. The van der Waals surface area contributed by atoms with Gasteiger partial charge in [0.25, 0.3) is 0 Å². The molecule has 0 aromatic carbocycles. The minimum Gasteiger partial charge on any atom is -0.467 e. The number of ketones is 1. The van der Waals surface area contributed by atoms with Crippen LogP contribution in [0.1, 0.15) is 6.42 Å². The second kappa shape index (κ2) is 2.47. The zero-order valence-corrected chi connectivity index (χ0v) is 6.03. The zero-order valence-electron chi connectivity index (χ0n) is 6.03. The Balaban J connectivity index is 2.78. The van der Waals surface area contributed by atoms with Crippen LogP contribution in [0.4, 0.5) is 0 Å². The maximum absolute atomic E-state index is 10.8. The summed E-state index contributed by atoms with van der Waals surface area (Å²) in [6.07, 6.45) is 2.12. The van der Waals surface area contributed by atoms with Crippen molar-refractivity contribution in [2.75, 3.05) is 7.11 Å². The average molecular weight is 156 g/mol. The van der Waals surface area contributed by atoms with Gasteiger partial charge in [-0.05, 0) is 12.2 Å². The Kier molecular flexibility index (Phi) is 1.78. The van der Waals surface area contributed by atoms with E-state index in [0.29, 0.717) is 0 Å². The van der Waals surface area contributed by atoms with Gasteiger partial charge in [0.15, 0.2) is 11.4 Å². The van der Waals surface area contributed by atoms with Gasteiger partial charge in [0, 0.05) is 0 Å². The lowest BCUT2D eigenvalue weighted by molar-refractivity contribution is -0.158. The Morgan fingerprint density at radius 1 is 1.82 bits per heavy atom. The molecule has 0 aromatic rings. The van der Waals surface area contributed by atoms with Gasteiger partial charge in [-0.2, -0.15) is 0 Å². The molecule has 4 heteroatoms. The fraction of sp³-hybridized carbons (Fsp3) is 0.429. The predicted octanol–water partition coefficient (Wildman–Crippen LogP) is -0.581. The van der Waals surface area contributed by atoms with Crippen molar-refractivity contribution in [2.24, 2.45) is 0 Å². The maximum atomic E-state index is 10.8. The number of aliphatic hydroxyl groups is 1. The highest BCUT2D eigenvalue weighted by Crippen LogP contribution is 2.20. The number of rotatable bonds is 1. The highest BCUT2D eigenvalue weighted by Gasteiger charge is 2.39. The van der Waals surface area contributed by atoms with E-state index in [2.05, 4.69) is 4.74 Å². The molecule has 60 valence electrons. The standard InChI is InChI=1S/C7H8O4/c1-11-6(9)7(10)3-2-5(8)4-7/h2-3,10H,4H2,1H3/t7-/m0/s1. The lowest BCUT2D eigenvalue weighted by Gasteiger charge is -2.14. The predicted molar refractivity (Wildman–Crippen MR) is 35.7 cm³/mol. The third-order valence-corrected chi connectivity index (χ3v) is 1.53. The van der Waals surface area contributed by atoms with E-state index in [-0.39, 0.29) is 12.2 Å². The van der Waals surface area contributed by atoms with E-state index < -0.39 is 11.6 Å². The van der Waals surface area contributed by atoms with E-state index in [1.807, 2.05) is 0 Å². The van der Waals surface area contributed by atoms with Crippen molar-refractivity contribution < 1.29 is 19.4 Å². The molecule has 0 aliphatic heterocycles. The minimum atomic E-state index is -1.72. The lowest BCUT2D eigenvalue weighted by atomic mass is 10.0. The van der Waals surface area contributed by atoms with Crippen molar-refractivity contribution >= 4 is 11.8 Å². The Labute approximate surface area is 63.5 Å². The molecule has 0 unspecified atom stereocenters. The number of hydrogen-bond acceptors (Lipinski definition) is 4. The van der Waals surface area contributed by atoms with Crippen LogP contribution in [0, 0.1) is 0 Å². The quantitative estimate of drug-likeness (QED) is 0.516. The first-order valence-corrected chi connectivity index (χ1v) is 3.11. The van der Waals surface area contributed by atoms with Gasteiger partial charge in [0.05, 0.1) is 13.5 Å². The topological polar surface area (TPSA) is 63.6 Å². The third-order valence-electron chi connectivity index (χ3n) is 1.53. The van der Waals surface area contributed by atoms with E-state index in [9.17, 15) is 14.7 Å². The summed E-state index contributed by atoms with van der Waals surface area (Å²) < 4.78 is 4.29. The van der Waals surface area contributed by atoms with Gasteiger partial charge in [0.1, 0.15) is 0 Å². The summed E-state index contributed by atoms with van der Waals surface area (Å²) in [5, 5.41) is 9.35. The summed E-state index contributed by atoms with van der Waals surface area (Å²) in [4.78, 5) is 21.4. The average Bonchev–Trinajstić information content (AvgIpc) is 2.31. The number of hydrogen-bond donors (Lipinski definition) is 1. The Hall–Kier alpha value is -1.16. The second-order valence-corrected chi connectivity index (χ2v) is 2.39. The second-order valence-electron chi connectivity index (χ2n) is 2.39. The number of carbonyl (C=O) groups is 2. The van der Waals surface area contributed by atoms with Crippen molar-refractivity contribution in [1.82, 2.24) is 0 Å². The molecule has 0 aromatic heterocycles. The van der Waals surface area contributed by atoms with E-state index in [1.165, 1.54) is 6.08 Å². The zero-order chi connectivity index (χ0) is 8.48. The fourth-order valence-corrected chi connectivity index (χ4v) is 0.931. The molecule has 0 saturated heterocycles. The number of esters is 1. The van der Waals surface area contributed by atoms with Gasteiger partial charge < -0.3 is 9.84 Å². The number of methoxy groups -OCH3 is 1. The summed E-state index contributed by atoms with van der Waals surface area (Å²) >= 11 is 0. The molecule has 1 rings (SSSR count). The van der Waals surface area contributed by atoms with Crippen molar-refractivity contribution in [2.45, 2.75) is 12.0 Å². The first-order chi connectivity index (χ1) is 5.08. The molecule has 0 spiro atoms. The lowest BCUT2D eigenvalue weighted by Crippen LogP contribution is -2.36. The van der Waals surface area contributed by atoms with Gasteiger partial charge in [-0.25, -0.2) is 4.79 Å². The van der Waals surface area contributed by atoms with E-state index in [4.69, 9.17) is 0 Å². The highest BCUT2D eigenvalue weighted by atomic mass is 16.5. The normalized spacial score (nSPS) is 29.1. The largest absolute Gasteiger partial charge is 0.467 e. The maximum Gasteiger partial charge on any atom is 0.342 e. The molecule has 1 aliphatic rings. The third kappa shape index (κ3) is 1.30. The van der Waals surface area contributed by atoms with Gasteiger partial charge in [-0.15, -0.1) is 0 Å². The number of carbonyl (C=O) groups excluding carboxylic acids is 2. The van der Waals surface area contributed by atoms with Gasteiger partial charge in [0.2, 0.25) is 0 Å². The molecule has 0 amide bonds. The Morgan fingerprint density at radius 2 is 2.45 bits per heavy atom.